The van der Waals surface area contributed by atoms with Gasteiger partial charge in [-0.3, -0.25) is 0 Å². The molecular weight excluding hydrogens is 234 g/mol. The minimum absolute atomic E-state index is 0.331. The van der Waals surface area contributed by atoms with E-state index in [1.54, 1.807) is 0 Å². The van der Waals surface area contributed by atoms with E-state index in [-0.39, 0.29) is 0 Å². The van der Waals surface area contributed by atoms with Gasteiger partial charge < -0.3 is 24.6 Å². The minimum Gasteiger partial charge on any atom is -0.389 e. The Bertz CT molecular complexity index is 203. The van der Waals surface area contributed by atoms with E-state index in [1.165, 1.54) is 0 Å². The molecule has 0 saturated carbocycles. The molecule has 0 radical (unpaired) electrons. The van der Waals surface area contributed by atoms with Crippen LogP contribution in [0.1, 0.15) is 20.3 Å². The molecule has 3 unspecified atom stereocenters. The highest BCUT2D eigenvalue weighted by Gasteiger charge is 2.23. The lowest BCUT2D eigenvalue weighted by atomic mass is 10.0. The molecule has 1 rings (SSSR count). The summed E-state index contributed by atoms with van der Waals surface area (Å²) in [6, 6.07) is 0. The fraction of sp³-hybridized carbons (Fsp3) is 1.00. The molecule has 0 aromatic carbocycles. The molecule has 5 heteroatoms. The van der Waals surface area contributed by atoms with Gasteiger partial charge in [-0.15, -0.1) is 0 Å². The molecule has 18 heavy (non-hydrogen) atoms. The van der Waals surface area contributed by atoms with Crippen LogP contribution in [0.5, 0.6) is 0 Å². The second kappa shape index (κ2) is 9.69. The number of aliphatic hydroxyl groups is 1. The Morgan fingerprint density at radius 3 is 2.83 bits per heavy atom. The maximum absolute atomic E-state index is 9.69. The third kappa shape index (κ3) is 6.66. The van der Waals surface area contributed by atoms with E-state index in [9.17, 15) is 5.11 Å². The largest absolute Gasteiger partial charge is 0.389 e. The zero-order chi connectivity index (χ0) is 13.2. The van der Waals surface area contributed by atoms with Gasteiger partial charge in [-0.25, -0.2) is 0 Å². The van der Waals surface area contributed by atoms with Crippen molar-refractivity contribution < 1.29 is 19.3 Å². The van der Waals surface area contributed by atoms with Crippen molar-refractivity contribution >= 4 is 0 Å². The summed E-state index contributed by atoms with van der Waals surface area (Å²) in [4.78, 5) is 0. The summed E-state index contributed by atoms with van der Waals surface area (Å²) in [6.07, 6.45) is 0.983. The number of rotatable bonds is 10. The molecule has 2 N–H and O–H groups in total. The maximum atomic E-state index is 9.69. The molecular formula is C13H27NO4. The maximum Gasteiger partial charge on any atom is 0.0897 e. The molecule has 108 valence electrons. The Morgan fingerprint density at radius 1 is 1.39 bits per heavy atom. The van der Waals surface area contributed by atoms with Gasteiger partial charge in [0.25, 0.3) is 0 Å². The average Bonchev–Trinajstić information content (AvgIpc) is 2.75. The topological polar surface area (TPSA) is 60.0 Å². The van der Waals surface area contributed by atoms with Gasteiger partial charge in [-0.05, 0) is 26.2 Å². The van der Waals surface area contributed by atoms with Crippen LogP contribution in [0.4, 0.5) is 0 Å². The molecule has 0 aliphatic carbocycles. The van der Waals surface area contributed by atoms with E-state index in [4.69, 9.17) is 14.2 Å². The molecule has 0 aromatic rings. The van der Waals surface area contributed by atoms with Crippen LogP contribution in [-0.4, -0.2) is 63.4 Å². The van der Waals surface area contributed by atoms with Crippen molar-refractivity contribution in [1.82, 2.24) is 5.32 Å². The van der Waals surface area contributed by atoms with Crippen LogP contribution in [0, 0.1) is 5.92 Å². The average molecular weight is 261 g/mol. The Morgan fingerprint density at radius 2 is 2.17 bits per heavy atom. The van der Waals surface area contributed by atoms with Crippen molar-refractivity contribution in [1.29, 1.82) is 0 Å². The van der Waals surface area contributed by atoms with Crippen LogP contribution in [-0.2, 0) is 14.2 Å². The predicted molar refractivity (Wildman–Crippen MR) is 69.7 cm³/mol. The molecule has 0 amide bonds. The van der Waals surface area contributed by atoms with Crippen LogP contribution in [0.3, 0.4) is 0 Å². The van der Waals surface area contributed by atoms with Gasteiger partial charge in [0.05, 0.1) is 32.0 Å². The van der Waals surface area contributed by atoms with Gasteiger partial charge in [0.1, 0.15) is 0 Å². The minimum atomic E-state index is -0.454. The van der Waals surface area contributed by atoms with Crippen LogP contribution >= 0.6 is 0 Å². The van der Waals surface area contributed by atoms with Gasteiger partial charge in [-0.2, -0.15) is 0 Å². The van der Waals surface area contributed by atoms with Gasteiger partial charge in [0, 0.05) is 26.3 Å². The Balaban J connectivity index is 1.91. The second-order valence-corrected chi connectivity index (χ2v) is 4.71. The predicted octanol–water partition coefficient (Wildman–Crippen LogP) is 0.415. The van der Waals surface area contributed by atoms with Crippen LogP contribution < -0.4 is 5.32 Å². The first-order chi connectivity index (χ1) is 8.74. The van der Waals surface area contributed by atoms with Crippen molar-refractivity contribution in [2.45, 2.75) is 32.5 Å². The summed E-state index contributed by atoms with van der Waals surface area (Å²) in [6.45, 7) is 8.57. The summed E-state index contributed by atoms with van der Waals surface area (Å²) >= 11 is 0. The van der Waals surface area contributed by atoms with E-state index < -0.39 is 6.10 Å². The summed E-state index contributed by atoms with van der Waals surface area (Å²) in [5.41, 5.74) is 0. The molecule has 1 saturated heterocycles. The lowest BCUT2D eigenvalue weighted by Crippen LogP contribution is -2.35. The highest BCUT2D eigenvalue weighted by Crippen LogP contribution is 2.19. The quantitative estimate of drug-likeness (QED) is 0.558. The Kier molecular flexibility index (Phi) is 8.54. The third-order valence-electron chi connectivity index (χ3n) is 3.21. The lowest BCUT2D eigenvalue weighted by Gasteiger charge is -2.17. The summed E-state index contributed by atoms with van der Waals surface area (Å²) in [5, 5.41) is 13.0. The standard InChI is InChI=1S/C13H27NO4/c1-3-16-6-7-17-10-13(15)9-14-8-12-4-5-18-11(12)2/h11-15H,3-10H2,1-2H3. The number of nitrogens with one attached hydrogen (secondary N) is 1. The van der Waals surface area contributed by atoms with Crippen molar-refractivity contribution in [3.05, 3.63) is 0 Å². The second-order valence-electron chi connectivity index (χ2n) is 4.71. The number of hydrogen-bond donors (Lipinski definition) is 2. The highest BCUT2D eigenvalue weighted by atomic mass is 16.5. The van der Waals surface area contributed by atoms with Gasteiger partial charge >= 0.3 is 0 Å². The van der Waals surface area contributed by atoms with E-state index in [0.717, 1.165) is 19.6 Å². The molecule has 0 bridgehead atoms. The van der Waals surface area contributed by atoms with Crippen LogP contribution in [0.25, 0.3) is 0 Å². The van der Waals surface area contributed by atoms with Crippen molar-refractivity contribution in [3.8, 4) is 0 Å². The Labute approximate surface area is 110 Å². The number of hydrogen-bond acceptors (Lipinski definition) is 5. The fourth-order valence-electron chi connectivity index (χ4n) is 2.02. The van der Waals surface area contributed by atoms with Crippen LogP contribution in [0.2, 0.25) is 0 Å². The lowest BCUT2D eigenvalue weighted by molar-refractivity contribution is 0.00603. The van der Waals surface area contributed by atoms with Crippen molar-refractivity contribution in [2.24, 2.45) is 5.92 Å². The SMILES string of the molecule is CCOCCOCC(O)CNCC1CCOC1C. The zero-order valence-corrected chi connectivity index (χ0v) is 11.6. The number of ether oxygens (including phenoxy) is 3. The summed E-state index contributed by atoms with van der Waals surface area (Å²) in [7, 11) is 0. The fourth-order valence-corrected chi connectivity index (χ4v) is 2.02. The molecule has 0 spiro atoms. The smallest absolute Gasteiger partial charge is 0.0897 e. The first-order valence-corrected chi connectivity index (χ1v) is 6.90. The van der Waals surface area contributed by atoms with Gasteiger partial charge in [0.2, 0.25) is 0 Å². The molecule has 1 aliphatic heterocycles. The van der Waals surface area contributed by atoms with Crippen LogP contribution in [0.15, 0.2) is 0 Å². The van der Waals surface area contributed by atoms with E-state index in [0.29, 0.717) is 45.0 Å². The molecule has 3 atom stereocenters. The van der Waals surface area contributed by atoms with E-state index in [1.807, 2.05) is 6.92 Å². The normalized spacial score (nSPS) is 25.5. The van der Waals surface area contributed by atoms with E-state index in [2.05, 4.69) is 12.2 Å². The van der Waals surface area contributed by atoms with Gasteiger partial charge in [0.15, 0.2) is 0 Å². The first-order valence-electron chi connectivity index (χ1n) is 6.90. The summed E-state index contributed by atoms with van der Waals surface area (Å²) < 4.78 is 15.9. The number of aliphatic hydroxyl groups excluding tert-OH is 1. The molecule has 1 heterocycles. The monoisotopic (exact) mass is 261 g/mol. The first kappa shape index (κ1) is 15.9. The molecule has 0 aromatic heterocycles. The van der Waals surface area contributed by atoms with Crippen molar-refractivity contribution in [2.75, 3.05) is 46.1 Å². The zero-order valence-electron chi connectivity index (χ0n) is 11.6. The van der Waals surface area contributed by atoms with E-state index >= 15 is 0 Å². The van der Waals surface area contributed by atoms with Crippen molar-refractivity contribution in [3.63, 3.8) is 0 Å². The summed E-state index contributed by atoms with van der Waals surface area (Å²) in [5.74, 6) is 0.566. The Hall–Kier alpha value is -0.200. The third-order valence-corrected chi connectivity index (χ3v) is 3.21. The highest BCUT2D eigenvalue weighted by molar-refractivity contribution is 4.75. The van der Waals surface area contributed by atoms with Gasteiger partial charge in [-0.1, -0.05) is 0 Å². The molecule has 1 fully saturated rings. The molecule has 5 nitrogen and oxygen atoms in total. The molecule has 1 aliphatic rings.